The lowest BCUT2D eigenvalue weighted by Gasteiger charge is -1.72. The van der Waals surface area contributed by atoms with Gasteiger partial charge < -0.3 is 0 Å². The van der Waals surface area contributed by atoms with Gasteiger partial charge in [-0.2, -0.15) is 8.42 Å². The molecule has 37 valence electrons. The first-order valence-electron chi connectivity index (χ1n) is 1.06. The van der Waals surface area contributed by atoms with Gasteiger partial charge >= 0.3 is 10.1 Å². The van der Waals surface area contributed by atoms with Gasteiger partial charge in [-0.05, 0) is 0 Å². The summed E-state index contributed by atoms with van der Waals surface area (Å²) in [5.41, 5.74) is 0. The molecule has 0 fully saturated rings. The molecular formula is CH2FO3S. The summed E-state index contributed by atoms with van der Waals surface area (Å²) in [7, 11) is -4.58. The second-order valence-electron chi connectivity index (χ2n) is 0.667. The Hall–Kier alpha value is -0.160. The van der Waals surface area contributed by atoms with Crippen LogP contribution in [0.5, 0.6) is 0 Å². The molecule has 1 radical (unpaired) electrons. The van der Waals surface area contributed by atoms with Crippen LogP contribution >= 0.6 is 0 Å². The highest BCUT2D eigenvalue weighted by molar-refractivity contribution is 7.85. The maximum absolute atomic E-state index is 10.6. The Morgan fingerprint density at radius 1 is 1.50 bits per heavy atom. The average Bonchev–Trinajstić information content (AvgIpc) is 1.35. The Morgan fingerprint density at radius 2 is 1.67 bits per heavy atom. The minimum atomic E-state index is -4.58. The van der Waals surface area contributed by atoms with Gasteiger partial charge in [0.15, 0.2) is 0 Å². The van der Waals surface area contributed by atoms with E-state index >= 15 is 0 Å². The van der Waals surface area contributed by atoms with E-state index in [0.29, 0.717) is 0 Å². The quantitative estimate of drug-likeness (QED) is 0.467. The molecule has 0 aliphatic heterocycles. The molecule has 0 amide bonds. The minimum absolute atomic E-state index is 1.81. The van der Waals surface area contributed by atoms with E-state index in [-0.39, 0.29) is 0 Å². The van der Waals surface area contributed by atoms with E-state index in [0.717, 1.165) is 0 Å². The number of halogens is 1. The summed E-state index contributed by atoms with van der Waals surface area (Å²) in [5.74, 6) is 0. The molecule has 0 aromatic heterocycles. The fourth-order valence-corrected chi connectivity index (χ4v) is 0. The maximum Gasteiger partial charge on any atom is 0.324 e. The van der Waals surface area contributed by atoms with Crippen molar-refractivity contribution in [1.82, 2.24) is 0 Å². The smallest absolute Gasteiger partial charge is 0.231 e. The Kier molecular flexibility index (Phi) is 1.48. The molecule has 3 nitrogen and oxygen atoms in total. The van der Waals surface area contributed by atoms with E-state index in [1.165, 1.54) is 0 Å². The summed E-state index contributed by atoms with van der Waals surface area (Å²) in [6.07, 6.45) is 0. The van der Waals surface area contributed by atoms with Crippen LogP contribution < -0.4 is 0 Å². The molecule has 0 saturated carbocycles. The van der Waals surface area contributed by atoms with E-state index in [2.05, 4.69) is 0 Å². The molecule has 0 aromatic rings. The summed E-state index contributed by atoms with van der Waals surface area (Å²) in [6.45, 7) is 0. The van der Waals surface area contributed by atoms with Gasteiger partial charge in [-0.15, -0.1) is 0 Å². The molecule has 6 heavy (non-hydrogen) atoms. The second-order valence-corrected chi connectivity index (χ2v) is 2.00. The number of hydrogen-bond donors (Lipinski definition) is 0. The maximum atomic E-state index is 10.6. The van der Waals surface area contributed by atoms with Crippen LogP contribution in [-0.2, 0) is 14.7 Å². The lowest BCUT2D eigenvalue weighted by molar-refractivity contribution is 0.391. The Bertz CT molecular complexity index is 113. The monoisotopic (exact) mass is 113 g/mol. The first-order valence-corrected chi connectivity index (χ1v) is 2.63. The summed E-state index contributed by atoms with van der Waals surface area (Å²) >= 11 is 0. The standard InChI is InChI=1S/CH2FO3S/c2-1-6(3,4)5/h1H2. The number of rotatable bonds is 1. The Balaban J connectivity index is 3.85. The molecule has 0 saturated heterocycles. The van der Waals surface area contributed by atoms with Crippen LogP contribution in [0, 0.1) is 0 Å². The highest BCUT2D eigenvalue weighted by atomic mass is 32.2. The molecule has 0 heterocycles. The average molecular weight is 113 g/mol. The predicted octanol–water partition coefficient (Wildman–Crippen LogP) is -0.326. The van der Waals surface area contributed by atoms with Crippen molar-refractivity contribution in [3.8, 4) is 0 Å². The van der Waals surface area contributed by atoms with Crippen LogP contribution in [0.4, 0.5) is 4.39 Å². The van der Waals surface area contributed by atoms with Crippen molar-refractivity contribution in [3.63, 3.8) is 0 Å². The molecule has 0 rings (SSSR count). The largest absolute Gasteiger partial charge is 0.324 e. The summed E-state index contributed by atoms with van der Waals surface area (Å²) in [5, 5.41) is 0. The summed E-state index contributed by atoms with van der Waals surface area (Å²) < 4.78 is 37.8. The Morgan fingerprint density at radius 3 is 1.67 bits per heavy atom. The van der Waals surface area contributed by atoms with Gasteiger partial charge in [-0.3, -0.25) is 0 Å². The van der Waals surface area contributed by atoms with Crippen molar-refractivity contribution in [1.29, 1.82) is 0 Å². The normalized spacial score (nSPS) is 11.7. The van der Waals surface area contributed by atoms with Crippen LogP contribution in [0.15, 0.2) is 0 Å². The fourth-order valence-electron chi connectivity index (χ4n) is 0. The van der Waals surface area contributed by atoms with Gasteiger partial charge in [0.1, 0.15) is 0 Å². The third-order valence-electron chi connectivity index (χ3n) is 0.134. The molecule has 0 N–H and O–H groups in total. The highest BCUT2D eigenvalue weighted by Gasteiger charge is 2.01. The molecule has 0 bridgehead atoms. The van der Waals surface area contributed by atoms with Crippen molar-refractivity contribution >= 4 is 10.1 Å². The Labute approximate surface area is 34.5 Å². The van der Waals surface area contributed by atoms with E-state index in [1.807, 2.05) is 0 Å². The van der Waals surface area contributed by atoms with Gasteiger partial charge in [-0.25, -0.2) is 4.39 Å². The fraction of sp³-hybridized carbons (Fsp3) is 1.00. The molecule has 0 unspecified atom stereocenters. The van der Waals surface area contributed by atoms with Crippen LogP contribution in [0.1, 0.15) is 0 Å². The van der Waals surface area contributed by atoms with Crippen molar-refractivity contribution in [3.05, 3.63) is 0 Å². The molecule has 0 aliphatic rings. The molecule has 0 atom stereocenters. The van der Waals surface area contributed by atoms with Gasteiger partial charge in [0.05, 0.1) is 0 Å². The van der Waals surface area contributed by atoms with Gasteiger partial charge in [-0.1, -0.05) is 4.55 Å². The summed E-state index contributed by atoms with van der Waals surface area (Å²) in [6, 6.07) is -1.81. The van der Waals surface area contributed by atoms with Crippen LogP contribution in [-0.4, -0.2) is 14.4 Å². The van der Waals surface area contributed by atoms with E-state index in [1.54, 1.807) is 0 Å². The third kappa shape index (κ3) is 3.84. The van der Waals surface area contributed by atoms with Gasteiger partial charge in [0.2, 0.25) is 6.01 Å². The van der Waals surface area contributed by atoms with Gasteiger partial charge in [0.25, 0.3) is 0 Å². The first kappa shape index (κ1) is 5.84. The molecular weight excluding hydrogens is 111 g/mol. The molecule has 0 aromatic carbocycles. The van der Waals surface area contributed by atoms with E-state index in [9.17, 15) is 4.39 Å². The van der Waals surface area contributed by atoms with Crippen LogP contribution in [0.2, 0.25) is 0 Å². The van der Waals surface area contributed by atoms with Crippen LogP contribution in [0.25, 0.3) is 0 Å². The van der Waals surface area contributed by atoms with Crippen LogP contribution in [0.3, 0.4) is 0 Å². The van der Waals surface area contributed by atoms with Crippen molar-refractivity contribution in [2.24, 2.45) is 0 Å². The number of hydrogen-bond acceptors (Lipinski definition) is 2. The highest BCUT2D eigenvalue weighted by Crippen LogP contribution is 1.79. The first-order chi connectivity index (χ1) is 2.56. The van der Waals surface area contributed by atoms with E-state index in [4.69, 9.17) is 13.0 Å². The van der Waals surface area contributed by atoms with Crippen molar-refractivity contribution < 1.29 is 17.4 Å². The van der Waals surface area contributed by atoms with Crippen molar-refractivity contribution in [2.75, 3.05) is 6.01 Å². The third-order valence-corrected chi connectivity index (χ3v) is 0.401. The molecule has 0 aliphatic carbocycles. The van der Waals surface area contributed by atoms with Crippen molar-refractivity contribution in [2.45, 2.75) is 0 Å². The van der Waals surface area contributed by atoms with Gasteiger partial charge in [0, 0.05) is 0 Å². The zero-order valence-corrected chi connectivity index (χ0v) is 3.53. The second kappa shape index (κ2) is 1.53. The zero-order valence-electron chi connectivity index (χ0n) is 2.72. The SMILES string of the molecule is [O]S(=O)(=O)CF. The number of alkyl halides is 1. The predicted molar refractivity (Wildman–Crippen MR) is 15.6 cm³/mol. The lowest BCUT2D eigenvalue weighted by Crippen LogP contribution is -1.94. The lowest BCUT2D eigenvalue weighted by atomic mass is 11.8. The molecule has 0 spiro atoms. The van der Waals surface area contributed by atoms with E-state index < -0.39 is 16.1 Å². The topological polar surface area (TPSA) is 54.0 Å². The molecule has 5 heteroatoms. The summed E-state index contributed by atoms with van der Waals surface area (Å²) in [4.78, 5) is 0. The zero-order chi connectivity index (χ0) is 5.21. The minimum Gasteiger partial charge on any atom is -0.231 e.